The first-order valence-electron chi connectivity index (χ1n) is 6.43. The summed E-state index contributed by atoms with van der Waals surface area (Å²) in [6.07, 6.45) is 0.868. The number of nitrogens with one attached hydrogen (secondary N) is 3. The average molecular weight is 350 g/mol. The summed E-state index contributed by atoms with van der Waals surface area (Å²) in [7, 11) is 0. The van der Waals surface area contributed by atoms with Crippen LogP contribution in [0.4, 0.5) is 0 Å². The van der Waals surface area contributed by atoms with Crippen LogP contribution in [0.3, 0.4) is 0 Å². The van der Waals surface area contributed by atoms with E-state index in [1.165, 1.54) is 0 Å². The fourth-order valence-corrected chi connectivity index (χ4v) is 2.06. The van der Waals surface area contributed by atoms with Crippen molar-refractivity contribution in [3.8, 4) is 5.75 Å². The summed E-state index contributed by atoms with van der Waals surface area (Å²) in [6, 6.07) is 5.00. The van der Waals surface area contributed by atoms with Crippen LogP contribution in [-0.2, 0) is 4.79 Å². The SMILES string of the molecule is CCNC(=S)NNC(=O)CCCOc1ccc(Cl)cc1Cl. The molecule has 0 aliphatic rings. The Morgan fingerprint density at radius 3 is 2.76 bits per heavy atom. The van der Waals surface area contributed by atoms with Gasteiger partial charge in [0.15, 0.2) is 5.11 Å². The molecule has 0 unspecified atom stereocenters. The molecule has 21 heavy (non-hydrogen) atoms. The number of carbonyl (C=O) groups is 1. The number of hydrogen-bond acceptors (Lipinski definition) is 3. The van der Waals surface area contributed by atoms with Crippen LogP contribution in [0.15, 0.2) is 18.2 Å². The van der Waals surface area contributed by atoms with Gasteiger partial charge < -0.3 is 10.1 Å². The molecule has 0 fully saturated rings. The maximum absolute atomic E-state index is 11.5. The number of carbonyl (C=O) groups excluding carboxylic acids is 1. The van der Waals surface area contributed by atoms with E-state index >= 15 is 0 Å². The zero-order valence-electron chi connectivity index (χ0n) is 11.5. The Bertz CT molecular complexity index is 500. The Hall–Kier alpha value is -1.24. The van der Waals surface area contributed by atoms with Gasteiger partial charge in [-0.3, -0.25) is 15.6 Å². The lowest BCUT2D eigenvalue weighted by Crippen LogP contribution is -2.46. The van der Waals surface area contributed by atoms with Crippen molar-refractivity contribution in [2.24, 2.45) is 0 Å². The molecule has 0 aliphatic carbocycles. The first-order valence-corrected chi connectivity index (χ1v) is 7.60. The Balaban J connectivity index is 2.18. The fourth-order valence-electron chi connectivity index (χ4n) is 1.40. The molecule has 0 aliphatic heterocycles. The standard InChI is InChI=1S/C13H17Cl2N3O2S/c1-2-16-13(21)18-17-12(19)4-3-7-20-11-6-5-9(14)8-10(11)15/h5-6,8H,2-4,7H2,1H3,(H,17,19)(H2,16,18,21). The summed E-state index contributed by atoms with van der Waals surface area (Å²) in [5, 5.41) is 4.24. The lowest BCUT2D eigenvalue weighted by atomic mass is 10.3. The molecule has 0 bridgehead atoms. The predicted molar refractivity (Wildman–Crippen MR) is 88.7 cm³/mol. The van der Waals surface area contributed by atoms with E-state index in [4.69, 9.17) is 40.2 Å². The smallest absolute Gasteiger partial charge is 0.238 e. The first kappa shape index (κ1) is 17.8. The molecule has 0 aromatic heterocycles. The summed E-state index contributed by atoms with van der Waals surface area (Å²) in [4.78, 5) is 11.5. The van der Waals surface area contributed by atoms with Crippen LogP contribution in [-0.4, -0.2) is 24.2 Å². The fraction of sp³-hybridized carbons (Fsp3) is 0.385. The van der Waals surface area contributed by atoms with E-state index in [1.54, 1.807) is 18.2 Å². The molecule has 1 aromatic carbocycles. The van der Waals surface area contributed by atoms with Crippen molar-refractivity contribution >= 4 is 46.4 Å². The van der Waals surface area contributed by atoms with Gasteiger partial charge in [0.1, 0.15) is 5.75 Å². The van der Waals surface area contributed by atoms with E-state index < -0.39 is 0 Å². The molecule has 116 valence electrons. The minimum Gasteiger partial charge on any atom is -0.492 e. The van der Waals surface area contributed by atoms with Gasteiger partial charge in [-0.15, -0.1) is 0 Å². The van der Waals surface area contributed by atoms with E-state index in [0.717, 1.165) is 0 Å². The van der Waals surface area contributed by atoms with Gasteiger partial charge in [-0.05, 0) is 43.8 Å². The highest BCUT2D eigenvalue weighted by molar-refractivity contribution is 7.80. The average Bonchev–Trinajstić information content (AvgIpc) is 2.43. The number of rotatable bonds is 6. The molecule has 8 heteroatoms. The summed E-state index contributed by atoms with van der Waals surface area (Å²) >= 11 is 16.7. The second-order valence-electron chi connectivity index (χ2n) is 4.06. The second kappa shape index (κ2) is 9.65. The minimum atomic E-state index is -0.166. The molecule has 0 atom stereocenters. The topological polar surface area (TPSA) is 62.4 Å². The quantitative estimate of drug-likeness (QED) is 0.418. The molecule has 1 amide bonds. The van der Waals surface area contributed by atoms with E-state index in [9.17, 15) is 4.79 Å². The van der Waals surface area contributed by atoms with E-state index in [2.05, 4.69) is 16.2 Å². The van der Waals surface area contributed by atoms with Gasteiger partial charge in [-0.2, -0.15) is 0 Å². The van der Waals surface area contributed by atoms with Gasteiger partial charge in [0, 0.05) is 18.0 Å². The van der Waals surface area contributed by atoms with Gasteiger partial charge in [0.05, 0.1) is 11.6 Å². The van der Waals surface area contributed by atoms with Crippen molar-refractivity contribution < 1.29 is 9.53 Å². The van der Waals surface area contributed by atoms with Crippen molar-refractivity contribution in [2.75, 3.05) is 13.2 Å². The van der Waals surface area contributed by atoms with Crippen LogP contribution < -0.4 is 20.9 Å². The van der Waals surface area contributed by atoms with Crippen molar-refractivity contribution in [3.63, 3.8) is 0 Å². The minimum absolute atomic E-state index is 0.166. The summed E-state index contributed by atoms with van der Waals surface area (Å²) in [5.41, 5.74) is 5.09. The Morgan fingerprint density at radius 1 is 1.33 bits per heavy atom. The number of hydrazine groups is 1. The molecule has 1 aromatic rings. The van der Waals surface area contributed by atoms with E-state index in [1.807, 2.05) is 6.92 Å². The molecule has 0 saturated heterocycles. The third-order valence-corrected chi connectivity index (χ3v) is 3.13. The molecule has 0 heterocycles. The number of halogens is 2. The Kier molecular flexibility index (Phi) is 8.19. The summed E-state index contributed by atoms with van der Waals surface area (Å²) in [5.74, 6) is 0.383. The normalized spacial score (nSPS) is 9.86. The second-order valence-corrected chi connectivity index (χ2v) is 5.31. The van der Waals surface area contributed by atoms with E-state index in [0.29, 0.717) is 46.9 Å². The van der Waals surface area contributed by atoms with E-state index in [-0.39, 0.29) is 5.91 Å². The monoisotopic (exact) mass is 349 g/mol. The zero-order valence-corrected chi connectivity index (χ0v) is 13.9. The number of amides is 1. The highest BCUT2D eigenvalue weighted by Gasteiger charge is 2.04. The van der Waals surface area contributed by atoms with Gasteiger partial charge in [-0.1, -0.05) is 23.2 Å². The molecule has 0 radical (unpaired) electrons. The number of ether oxygens (including phenoxy) is 1. The van der Waals surface area contributed by atoms with Crippen LogP contribution in [0.25, 0.3) is 0 Å². The predicted octanol–water partition coefficient (Wildman–Crippen LogP) is 2.67. The highest BCUT2D eigenvalue weighted by atomic mass is 35.5. The first-order chi connectivity index (χ1) is 10.0. The van der Waals surface area contributed by atoms with Gasteiger partial charge in [0.2, 0.25) is 5.91 Å². The van der Waals surface area contributed by atoms with Crippen molar-refractivity contribution in [2.45, 2.75) is 19.8 Å². The molecule has 3 N–H and O–H groups in total. The molecule has 0 saturated carbocycles. The molecule has 0 spiro atoms. The summed E-state index contributed by atoms with van der Waals surface area (Å²) in [6.45, 7) is 2.98. The summed E-state index contributed by atoms with van der Waals surface area (Å²) < 4.78 is 5.48. The van der Waals surface area contributed by atoms with Crippen molar-refractivity contribution in [1.29, 1.82) is 0 Å². The van der Waals surface area contributed by atoms with Gasteiger partial charge >= 0.3 is 0 Å². The maximum atomic E-state index is 11.5. The zero-order chi connectivity index (χ0) is 15.7. The van der Waals surface area contributed by atoms with Gasteiger partial charge in [-0.25, -0.2) is 0 Å². The Morgan fingerprint density at radius 2 is 2.10 bits per heavy atom. The van der Waals surface area contributed by atoms with Crippen LogP contribution in [0.1, 0.15) is 19.8 Å². The van der Waals surface area contributed by atoms with Gasteiger partial charge in [0.25, 0.3) is 0 Å². The largest absolute Gasteiger partial charge is 0.492 e. The lowest BCUT2D eigenvalue weighted by molar-refractivity contribution is -0.121. The van der Waals surface area contributed by atoms with Crippen molar-refractivity contribution in [3.05, 3.63) is 28.2 Å². The lowest BCUT2D eigenvalue weighted by Gasteiger charge is -2.10. The highest BCUT2D eigenvalue weighted by Crippen LogP contribution is 2.27. The third kappa shape index (κ3) is 7.36. The molecule has 1 rings (SSSR count). The van der Waals surface area contributed by atoms with Crippen molar-refractivity contribution in [1.82, 2.24) is 16.2 Å². The van der Waals surface area contributed by atoms with Crippen LogP contribution >= 0.6 is 35.4 Å². The van der Waals surface area contributed by atoms with Crippen LogP contribution in [0, 0.1) is 0 Å². The number of hydrogen-bond donors (Lipinski definition) is 3. The number of benzene rings is 1. The molecular weight excluding hydrogens is 333 g/mol. The van der Waals surface area contributed by atoms with Crippen LogP contribution in [0.5, 0.6) is 5.75 Å². The molecular formula is C13H17Cl2N3O2S. The Labute approximate surface area is 139 Å². The third-order valence-electron chi connectivity index (χ3n) is 2.35. The van der Waals surface area contributed by atoms with Crippen LogP contribution in [0.2, 0.25) is 10.0 Å². The maximum Gasteiger partial charge on any atom is 0.238 e. The molecule has 5 nitrogen and oxygen atoms in total. The number of thiocarbonyl (C=S) groups is 1.